The predicted octanol–water partition coefficient (Wildman–Crippen LogP) is -0.735. The zero-order chi connectivity index (χ0) is 72.8. The van der Waals surface area contributed by atoms with Gasteiger partial charge in [-0.1, -0.05) is 36.4 Å². The van der Waals surface area contributed by atoms with Crippen molar-refractivity contribution in [3.05, 3.63) is 155 Å². The third-order valence-electron chi connectivity index (χ3n) is 17.5. The van der Waals surface area contributed by atoms with Gasteiger partial charge in [0.25, 0.3) is 0 Å². The first-order valence-corrected chi connectivity index (χ1v) is 32.2. The van der Waals surface area contributed by atoms with E-state index >= 15 is 9.59 Å². The number of hydrogen-bond donors (Lipinski definition) is 16. The summed E-state index contributed by atoms with van der Waals surface area (Å²) in [5, 5.41) is 46.1. The van der Waals surface area contributed by atoms with Crippen molar-refractivity contribution in [2.45, 2.75) is 139 Å². The van der Waals surface area contributed by atoms with Gasteiger partial charge in [-0.05, 0) is 103 Å². The maximum absolute atomic E-state index is 15.2. The molecule has 0 aliphatic carbocycles. The summed E-state index contributed by atoms with van der Waals surface area (Å²) in [5.74, 6) is -14.7. The number of hydrogen-bond acceptors (Lipinski definition) is 15. The van der Waals surface area contributed by atoms with Crippen molar-refractivity contribution in [1.29, 1.82) is 0 Å². The van der Waals surface area contributed by atoms with Crippen molar-refractivity contribution in [3.63, 3.8) is 0 Å². The van der Waals surface area contributed by atoms with Crippen molar-refractivity contribution in [3.8, 4) is 5.75 Å². The zero-order valence-electron chi connectivity index (χ0n) is 54.9. The highest BCUT2D eigenvalue weighted by Crippen LogP contribution is 2.31. The number of phenols is 1. The van der Waals surface area contributed by atoms with E-state index in [0.717, 1.165) is 25.1 Å². The van der Waals surface area contributed by atoms with Gasteiger partial charge in [-0.2, -0.15) is 0 Å². The smallest absolute Gasteiger partial charge is 0.305 e. The number of carbonyl (C=O) groups is 13. The second kappa shape index (κ2) is 32.5. The first-order valence-electron chi connectivity index (χ1n) is 32.2. The summed E-state index contributed by atoms with van der Waals surface area (Å²) in [6.07, 6.45) is 2.17. The van der Waals surface area contributed by atoms with Crippen LogP contribution in [0.1, 0.15) is 80.0 Å². The molecule has 6 heterocycles. The van der Waals surface area contributed by atoms with Crippen LogP contribution < -0.4 is 58.9 Å². The molecule has 31 nitrogen and oxygen atoms in total. The molecule has 7 aromatic rings. The minimum atomic E-state index is -2.08. The fourth-order valence-corrected chi connectivity index (χ4v) is 12.0. The second-order valence-corrected chi connectivity index (χ2v) is 25.0. The van der Waals surface area contributed by atoms with Crippen molar-refractivity contribution in [1.82, 2.24) is 78.0 Å². The van der Waals surface area contributed by atoms with E-state index in [1.54, 1.807) is 24.3 Å². The first-order chi connectivity index (χ1) is 48.1. The molecule has 101 heavy (non-hydrogen) atoms. The van der Waals surface area contributed by atoms with Crippen molar-refractivity contribution >= 4 is 98.7 Å². The highest BCUT2D eigenvalue weighted by molar-refractivity contribution is 6.01. The molecule has 33 heteroatoms. The molecule has 12 amide bonds. The Morgan fingerprint density at radius 3 is 1.76 bits per heavy atom. The predicted molar refractivity (Wildman–Crippen MR) is 355 cm³/mol. The maximum Gasteiger partial charge on any atom is 0.305 e. The average Bonchev–Trinajstić information content (AvgIpc) is 1.69. The Labute approximate surface area is 574 Å². The number of H-pyrrole nitrogens is 3. The number of imidazole rings is 1. The van der Waals surface area contributed by atoms with Crippen molar-refractivity contribution < 1.29 is 81.3 Å². The summed E-state index contributed by atoms with van der Waals surface area (Å²) in [4.78, 5) is 196. The van der Waals surface area contributed by atoms with Crippen LogP contribution in [0.25, 0.3) is 21.8 Å². The number of amides is 12. The first kappa shape index (κ1) is 73.2. The molecule has 1 fully saturated rings. The van der Waals surface area contributed by atoms with Gasteiger partial charge in [0.05, 0.1) is 25.7 Å². The molecule has 9 atom stereocenters. The van der Waals surface area contributed by atoms with Crippen LogP contribution in [0.2, 0.25) is 0 Å². The minimum absolute atomic E-state index is 0.0349. The lowest BCUT2D eigenvalue weighted by Gasteiger charge is -2.37. The maximum atomic E-state index is 15.2. The van der Waals surface area contributed by atoms with Crippen LogP contribution in [0, 0.1) is 11.6 Å². The SMILES string of the molecule is CC(=O)N[C@H]1CC(=O)NCc2ccc(cc2)C[C@@H](C(N)=O)NC(=O)C2(C)CCCN2C(=O)[C@H](Cc2ccc(O)cc2)NC(=O)[C@H](Cc2cnc[nH]2)NC(=O)[C@H](CC(=O)O)NC(=O)[C@H](Cc2c[nH]c3ccc(F)cc23)NC(=O)[C@H](Cc2c[nH]c3ccc(F)cc23)NC(=O)CNC(=O)[C@H](C)NC1=O. The van der Waals surface area contributed by atoms with Crippen LogP contribution >= 0.6 is 0 Å². The van der Waals surface area contributed by atoms with Gasteiger partial charge in [0.2, 0.25) is 70.9 Å². The topological polar surface area (TPSA) is 472 Å². The Balaban J connectivity index is 1.07. The van der Waals surface area contributed by atoms with Crippen molar-refractivity contribution in [2.24, 2.45) is 5.73 Å². The number of nitrogens with zero attached hydrogens (tertiary/aromatic N) is 2. The lowest BCUT2D eigenvalue weighted by molar-refractivity contribution is -0.147. The van der Waals surface area contributed by atoms with E-state index < -0.39 is 181 Å². The molecule has 10 rings (SSSR count). The molecule has 2 bridgehead atoms. The van der Waals surface area contributed by atoms with Gasteiger partial charge in [-0.25, -0.2) is 13.8 Å². The number of primary amides is 1. The summed E-state index contributed by atoms with van der Waals surface area (Å²) >= 11 is 0. The van der Waals surface area contributed by atoms with E-state index in [1.165, 1.54) is 86.1 Å². The van der Waals surface area contributed by atoms with Gasteiger partial charge in [0, 0.05) is 98.2 Å². The van der Waals surface area contributed by atoms with Gasteiger partial charge in [0.1, 0.15) is 71.3 Å². The summed E-state index contributed by atoms with van der Waals surface area (Å²) in [6.45, 7) is 2.80. The molecular formula is C68H76F2N16O15. The van der Waals surface area contributed by atoms with Crippen molar-refractivity contribution in [2.75, 3.05) is 13.1 Å². The Kier molecular flexibility index (Phi) is 23.6. The fraction of sp³-hybridized carbons (Fsp3) is 0.353. The lowest BCUT2D eigenvalue weighted by Crippen LogP contribution is -2.63. The molecule has 3 aromatic heterocycles. The molecule has 1 saturated heterocycles. The number of aromatic nitrogens is 4. The largest absolute Gasteiger partial charge is 0.508 e. The van der Waals surface area contributed by atoms with Gasteiger partial charge < -0.3 is 89.0 Å². The normalized spacial score (nSPS) is 23.2. The number of nitrogens with one attached hydrogen (secondary N) is 13. The summed E-state index contributed by atoms with van der Waals surface area (Å²) in [6, 6.07) is 6.27. The molecule has 0 saturated carbocycles. The number of aliphatic carboxylic acids is 1. The Hall–Kier alpha value is -12.1. The van der Waals surface area contributed by atoms with Crippen LogP contribution in [0.5, 0.6) is 5.75 Å². The molecular weight excluding hydrogens is 1320 g/mol. The van der Waals surface area contributed by atoms with Gasteiger partial charge in [-0.15, -0.1) is 0 Å². The molecule has 0 spiro atoms. The standard InChI is InChI=1S/C68H76F2N16O15/c1-34-60(94)76-32-57(90)80-50(21-39-29-73-47-15-11-41(69)23-45(39)47)62(96)81-51(22-40-30-74-48-16-12-42(70)24-46(40)48)63(97)83-54(27-58(91)92)65(99)82-52(25-43-31-72-33-77-43)64(98)84-55(20-37-9-13-44(88)14-10-37)66(100)86-18-4-17-68(86,3)67(101)85-49(59(71)93)19-36-5-7-38(8-6-36)28-75-56(89)26-53(61(95)78-34)79-35(2)87/h5-16,23-24,29-31,33-34,49-55,73-74,88H,4,17-22,25-28,32H2,1-3H3,(H2,71,93)(H,72,77)(H,75,89)(H,76,94)(H,78,95)(H,79,87)(H,80,90)(H,81,96)(H,82,99)(H,83,97)(H,84,98)(H,85,101)(H,91,92)/t34-,49-,50-,51-,52-,53-,54-,55-,68?/m0/s1. The van der Waals surface area contributed by atoms with Gasteiger partial charge in [-0.3, -0.25) is 62.3 Å². The highest BCUT2D eigenvalue weighted by Gasteiger charge is 2.49. The van der Waals surface area contributed by atoms with Gasteiger partial charge in [0.15, 0.2) is 0 Å². The molecule has 3 aliphatic heterocycles. The molecule has 4 aromatic carbocycles. The molecule has 1 unspecified atom stereocenters. The second-order valence-electron chi connectivity index (χ2n) is 25.0. The summed E-state index contributed by atoms with van der Waals surface area (Å²) in [5.41, 5.74) is 7.10. The summed E-state index contributed by atoms with van der Waals surface area (Å²) < 4.78 is 29.8. The molecule has 17 N–H and O–H groups in total. The monoisotopic (exact) mass is 1390 g/mol. The number of fused-ring (bicyclic) bond motifs is 33. The lowest BCUT2D eigenvalue weighted by atomic mass is 9.94. The fourth-order valence-electron chi connectivity index (χ4n) is 12.0. The van der Waals surface area contributed by atoms with E-state index in [4.69, 9.17) is 5.73 Å². The van der Waals surface area contributed by atoms with Gasteiger partial charge >= 0.3 is 5.97 Å². The Bertz CT molecular complexity index is 4300. The number of carboxylic acids is 1. The zero-order valence-corrected chi connectivity index (χ0v) is 54.9. The minimum Gasteiger partial charge on any atom is -0.508 e. The van der Waals surface area contributed by atoms with E-state index in [-0.39, 0.29) is 72.1 Å². The number of phenolic OH excluding ortho intramolecular Hbond substituents is 1. The number of carboxylic acid groups (broad SMARTS) is 1. The third-order valence-corrected chi connectivity index (χ3v) is 17.5. The number of aromatic hydroxyl groups is 1. The Morgan fingerprint density at radius 1 is 0.624 bits per heavy atom. The Morgan fingerprint density at radius 2 is 1.19 bits per heavy atom. The quantitative estimate of drug-likeness (QED) is 0.0671. The van der Waals surface area contributed by atoms with Crippen LogP contribution in [0.15, 0.2) is 110 Å². The average molecular weight is 1400 g/mol. The number of carbonyl (C=O) groups excluding carboxylic acids is 12. The third kappa shape index (κ3) is 19.2. The van der Waals surface area contributed by atoms with E-state index in [9.17, 15) is 71.7 Å². The van der Waals surface area contributed by atoms with E-state index in [1.807, 2.05) is 0 Å². The number of aromatic amines is 3. The number of nitrogens with two attached hydrogens (primary N) is 1. The molecule has 0 radical (unpaired) electrons. The van der Waals surface area contributed by atoms with Crippen LogP contribution in [0.4, 0.5) is 8.78 Å². The van der Waals surface area contributed by atoms with Crippen LogP contribution in [-0.2, 0) is 101 Å². The molecule has 532 valence electrons. The van der Waals surface area contributed by atoms with Crippen LogP contribution in [-0.4, -0.2) is 179 Å². The molecule has 3 aliphatic rings. The van der Waals surface area contributed by atoms with E-state index in [0.29, 0.717) is 27.7 Å². The van der Waals surface area contributed by atoms with Crippen LogP contribution in [0.3, 0.4) is 0 Å². The highest BCUT2D eigenvalue weighted by atomic mass is 19.1. The number of halogens is 2. The number of rotatable bonds is 12. The number of benzene rings is 4. The summed E-state index contributed by atoms with van der Waals surface area (Å²) in [7, 11) is 0. The van der Waals surface area contributed by atoms with E-state index in [2.05, 4.69) is 73.1 Å².